The molecule has 98 valence electrons. The highest BCUT2D eigenvalue weighted by molar-refractivity contribution is 5.83. The summed E-state index contributed by atoms with van der Waals surface area (Å²) in [6.07, 6.45) is 3.84. The van der Waals surface area contributed by atoms with Crippen LogP contribution in [0.25, 0.3) is 16.8 Å². The maximum atomic E-state index is 4.41. The van der Waals surface area contributed by atoms with Crippen LogP contribution in [0.4, 0.5) is 0 Å². The molecule has 1 aliphatic rings. The van der Waals surface area contributed by atoms with E-state index in [0.29, 0.717) is 0 Å². The molecule has 1 heterocycles. The zero-order valence-electron chi connectivity index (χ0n) is 11.7. The maximum absolute atomic E-state index is 4.41. The third-order valence-corrected chi connectivity index (χ3v) is 4.31. The SMILES string of the molecule is CC1(C)c2ccccc2-c2cccc(-n3cccn3)c21. The summed E-state index contributed by atoms with van der Waals surface area (Å²) in [6, 6.07) is 17.2. The molecule has 0 spiro atoms. The van der Waals surface area contributed by atoms with Gasteiger partial charge in [0.2, 0.25) is 0 Å². The Morgan fingerprint density at radius 2 is 1.70 bits per heavy atom. The van der Waals surface area contributed by atoms with E-state index in [9.17, 15) is 0 Å². The van der Waals surface area contributed by atoms with E-state index in [1.165, 1.54) is 27.9 Å². The van der Waals surface area contributed by atoms with Gasteiger partial charge in [-0.05, 0) is 34.4 Å². The van der Waals surface area contributed by atoms with Gasteiger partial charge >= 0.3 is 0 Å². The number of aromatic nitrogens is 2. The van der Waals surface area contributed by atoms with Crippen molar-refractivity contribution in [1.29, 1.82) is 0 Å². The van der Waals surface area contributed by atoms with Crippen LogP contribution in [0.5, 0.6) is 0 Å². The molecule has 0 saturated heterocycles. The van der Waals surface area contributed by atoms with E-state index in [4.69, 9.17) is 0 Å². The van der Waals surface area contributed by atoms with E-state index in [1.54, 1.807) is 0 Å². The number of rotatable bonds is 1. The Kier molecular flexibility index (Phi) is 2.19. The normalized spacial score (nSPS) is 14.9. The Balaban J connectivity index is 2.08. The van der Waals surface area contributed by atoms with Crippen LogP contribution < -0.4 is 0 Å². The summed E-state index contributed by atoms with van der Waals surface area (Å²) in [5, 5.41) is 4.41. The summed E-state index contributed by atoms with van der Waals surface area (Å²) in [6.45, 7) is 4.59. The monoisotopic (exact) mass is 260 g/mol. The average Bonchev–Trinajstić information content (AvgIpc) is 3.07. The maximum Gasteiger partial charge on any atom is 0.0692 e. The van der Waals surface area contributed by atoms with Gasteiger partial charge in [-0.3, -0.25) is 0 Å². The van der Waals surface area contributed by atoms with Crippen molar-refractivity contribution < 1.29 is 0 Å². The minimum atomic E-state index is 0.00840. The molecule has 0 fully saturated rings. The standard InChI is InChI=1S/C18H16N2/c1-18(2)15-9-4-3-7-13(15)14-8-5-10-16(17(14)18)20-12-6-11-19-20/h3-12H,1-2H3. The molecule has 0 saturated carbocycles. The van der Waals surface area contributed by atoms with Gasteiger partial charge in [0.1, 0.15) is 0 Å². The van der Waals surface area contributed by atoms with E-state index >= 15 is 0 Å². The highest BCUT2D eigenvalue weighted by Crippen LogP contribution is 2.50. The Bertz CT molecular complexity index is 783. The van der Waals surface area contributed by atoms with Gasteiger partial charge in [-0.15, -0.1) is 0 Å². The van der Waals surface area contributed by atoms with Crippen molar-refractivity contribution in [3.8, 4) is 16.8 Å². The van der Waals surface area contributed by atoms with Crippen LogP contribution in [-0.4, -0.2) is 9.78 Å². The summed E-state index contributed by atoms with van der Waals surface area (Å²) < 4.78 is 1.96. The fourth-order valence-electron chi connectivity index (χ4n) is 3.42. The van der Waals surface area contributed by atoms with Crippen LogP contribution in [0.1, 0.15) is 25.0 Å². The van der Waals surface area contributed by atoms with Crippen molar-refractivity contribution >= 4 is 0 Å². The van der Waals surface area contributed by atoms with Gasteiger partial charge in [-0.2, -0.15) is 5.10 Å². The number of nitrogens with zero attached hydrogens (tertiary/aromatic N) is 2. The summed E-state index contributed by atoms with van der Waals surface area (Å²) in [4.78, 5) is 0. The van der Waals surface area contributed by atoms with Crippen LogP contribution >= 0.6 is 0 Å². The molecule has 2 heteroatoms. The molecule has 20 heavy (non-hydrogen) atoms. The molecular formula is C18H16N2. The minimum Gasteiger partial charge on any atom is -0.241 e. The van der Waals surface area contributed by atoms with Gasteiger partial charge in [0.25, 0.3) is 0 Å². The highest BCUT2D eigenvalue weighted by Gasteiger charge is 2.37. The third-order valence-electron chi connectivity index (χ3n) is 4.31. The molecule has 0 radical (unpaired) electrons. The van der Waals surface area contributed by atoms with Crippen LogP contribution in [0.15, 0.2) is 60.9 Å². The molecule has 3 aromatic rings. The molecule has 0 aliphatic heterocycles. The summed E-state index contributed by atoms with van der Waals surface area (Å²) in [7, 11) is 0. The lowest BCUT2D eigenvalue weighted by atomic mass is 9.81. The zero-order valence-corrected chi connectivity index (χ0v) is 11.7. The number of hydrogen-bond donors (Lipinski definition) is 0. The topological polar surface area (TPSA) is 17.8 Å². The first kappa shape index (κ1) is 11.5. The van der Waals surface area contributed by atoms with Crippen LogP contribution in [0.3, 0.4) is 0 Å². The van der Waals surface area contributed by atoms with Crippen LogP contribution in [0, 0.1) is 0 Å². The Hall–Kier alpha value is -2.35. The number of hydrogen-bond acceptors (Lipinski definition) is 1. The lowest BCUT2D eigenvalue weighted by Crippen LogP contribution is -2.18. The van der Waals surface area contributed by atoms with Gasteiger partial charge < -0.3 is 0 Å². The predicted octanol–water partition coefficient (Wildman–Crippen LogP) is 4.18. The van der Waals surface area contributed by atoms with E-state index in [0.717, 1.165) is 0 Å². The molecule has 1 aliphatic carbocycles. The van der Waals surface area contributed by atoms with Gasteiger partial charge in [0.15, 0.2) is 0 Å². The van der Waals surface area contributed by atoms with Crippen LogP contribution in [-0.2, 0) is 5.41 Å². The first-order valence-corrected chi connectivity index (χ1v) is 6.93. The molecule has 1 aromatic heterocycles. The van der Waals surface area contributed by atoms with Gasteiger partial charge in [-0.25, -0.2) is 4.68 Å². The van der Waals surface area contributed by atoms with Crippen LogP contribution in [0.2, 0.25) is 0 Å². The highest BCUT2D eigenvalue weighted by atomic mass is 15.3. The number of benzene rings is 2. The molecule has 0 bridgehead atoms. The average molecular weight is 260 g/mol. The zero-order chi connectivity index (χ0) is 13.7. The fourth-order valence-corrected chi connectivity index (χ4v) is 3.42. The lowest BCUT2D eigenvalue weighted by Gasteiger charge is -2.24. The predicted molar refractivity (Wildman–Crippen MR) is 81.1 cm³/mol. The van der Waals surface area contributed by atoms with E-state index in [2.05, 4.69) is 61.4 Å². The number of fused-ring (bicyclic) bond motifs is 3. The molecule has 0 amide bonds. The fraction of sp³-hybridized carbons (Fsp3) is 0.167. The quantitative estimate of drug-likeness (QED) is 0.642. The summed E-state index contributed by atoms with van der Waals surface area (Å²) in [5.41, 5.74) is 6.63. The summed E-state index contributed by atoms with van der Waals surface area (Å²) >= 11 is 0. The van der Waals surface area contributed by atoms with Gasteiger partial charge in [-0.1, -0.05) is 50.2 Å². The van der Waals surface area contributed by atoms with Crippen molar-refractivity contribution in [1.82, 2.24) is 9.78 Å². The second kappa shape index (κ2) is 3.83. The molecule has 4 rings (SSSR count). The lowest BCUT2D eigenvalue weighted by molar-refractivity contribution is 0.650. The first-order valence-electron chi connectivity index (χ1n) is 6.93. The van der Waals surface area contributed by atoms with Crippen molar-refractivity contribution in [2.24, 2.45) is 0 Å². The first-order chi connectivity index (χ1) is 9.69. The van der Waals surface area contributed by atoms with Crippen molar-refractivity contribution in [3.05, 3.63) is 72.1 Å². The molecule has 0 N–H and O–H groups in total. The van der Waals surface area contributed by atoms with Crippen molar-refractivity contribution in [3.63, 3.8) is 0 Å². The van der Waals surface area contributed by atoms with E-state index in [-0.39, 0.29) is 5.41 Å². The van der Waals surface area contributed by atoms with Crippen molar-refractivity contribution in [2.45, 2.75) is 19.3 Å². The minimum absolute atomic E-state index is 0.00840. The second-order valence-corrected chi connectivity index (χ2v) is 5.82. The van der Waals surface area contributed by atoms with Gasteiger partial charge in [0.05, 0.1) is 5.69 Å². The molecule has 0 unspecified atom stereocenters. The van der Waals surface area contributed by atoms with E-state index < -0.39 is 0 Å². The summed E-state index contributed by atoms with van der Waals surface area (Å²) in [5.74, 6) is 0. The van der Waals surface area contributed by atoms with Gasteiger partial charge in [0, 0.05) is 17.8 Å². The third kappa shape index (κ3) is 1.36. The Labute approximate surface area is 118 Å². The molecule has 2 nitrogen and oxygen atoms in total. The molecule has 0 atom stereocenters. The Morgan fingerprint density at radius 3 is 2.50 bits per heavy atom. The molecular weight excluding hydrogens is 244 g/mol. The molecule has 2 aromatic carbocycles. The second-order valence-electron chi connectivity index (χ2n) is 5.82. The van der Waals surface area contributed by atoms with E-state index in [1.807, 2.05) is 23.1 Å². The smallest absolute Gasteiger partial charge is 0.0692 e. The largest absolute Gasteiger partial charge is 0.241 e. The Morgan fingerprint density at radius 1 is 0.900 bits per heavy atom. The van der Waals surface area contributed by atoms with Crippen molar-refractivity contribution in [2.75, 3.05) is 0 Å².